The quantitative estimate of drug-likeness (QED) is 0.776. The van der Waals surface area contributed by atoms with Crippen molar-refractivity contribution in [2.45, 2.75) is 23.9 Å². The smallest absolute Gasteiger partial charge is 0.170 e. The van der Waals surface area contributed by atoms with Crippen LogP contribution < -0.4 is 0 Å². The Morgan fingerprint density at radius 3 is 3.00 bits per heavy atom. The fourth-order valence-electron chi connectivity index (χ4n) is 1.73. The standard InChI is InChI=1S/C13H15N3OS/c1-10(9-14)18-13-15-11-5-3-4-6-12(11)16(13)7-8-17-2/h3-6,10H,7-8H2,1-2H3. The molecule has 1 aromatic heterocycles. The molecule has 94 valence electrons. The van der Waals surface area contributed by atoms with Crippen LogP contribution in [0.1, 0.15) is 6.92 Å². The highest BCUT2D eigenvalue weighted by atomic mass is 32.2. The van der Waals surface area contributed by atoms with Gasteiger partial charge in [0.05, 0.1) is 29.0 Å². The lowest BCUT2D eigenvalue weighted by atomic mass is 10.3. The number of rotatable bonds is 5. The summed E-state index contributed by atoms with van der Waals surface area (Å²) >= 11 is 1.48. The fraction of sp³-hybridized carbons (Fsp3) is 0.385. The van der Waals surface area contributed by atoms with Crippen LogP contribution in [0.25, 0.3) is 11.0 Å². The SMILES string of the molecule is COCCn1c(SC(C)C#N)nc2ccccc21. The second-order valence-corrected chi connectivity index (χ2v) is 5.22. The zero-order valence-electron chi connectivity index (χ0n) is 10.5. The Bertz CT molecular complexity index is 573. The first-order valence-electron chi connectivity index (χ1n) is 5.76. The van der Waals surface area contributed by atoms with Gasteiger partial charge in [-0.1, -0.05) is 23.9 Å². The average molecular weight is 261 g/mol. The van der Waals surface area contributed by atoms with E-state index in [0.29, 0.717) is 6.61 Å². The van der Waals surface area contributed by atoms with Crippen molar-refractivity contribution in [2.75, 3.05) is 13.7 Å². The molecule has 2 rings (SSSR count). The molecule has 0 bridgehead atoms. The normalized spacial score (nSPS) is 12.5. The van der Waals surface area contributed by atoms with Gasteiger partial charge in [0.2, 0.25) is 0 Å². The van der Waals surface area contributed by atoms with E-state index in [9.17, 15) is 0 Å². The first kappa shape index (κ1) is 12.9. The minimum Gasteiger partial charge on any atom is -0.383 e. The van der Waals surface area contributed by atoms with Crippen LogP contribution in [-0.2, 0) is 11.3 Å². The number of methoxy groups -OCH3 is 1. The molecule has 0 aliphatic carbocycles. The van der Waals surface area contributed by atoms with Crippen molar-refractivity contribution in [3.63, 3.8) is 0 Å². The third-order valence-corrected chi connectivity index (χ3v) is 3.58. The Balaban J connectivity index is 2.40. The summed E-state index contributed by atoms with van der Waals surface area (Å²) in [7, 11) is 1.68. The van der Waals surface area contributed by atoms with Crippen LogP contribution in [0.15, 0.2) is 29.4 Å². The molecule has 4 nitrogen and oxygen atoms in total. The molecule has 1 heterocycles. The van der Waals surface area contributed by atoms with E-state index >= 15 is 0 Å². The summed E-state index contributed by atoms with van der Waals surface area (Å²) in [6.07, 6.45) is 0. The molecule has 0 radical (unpaired) electrons. The van der Waals surface area contributed by atoms with Crippen molar-refractivity contribution in [1.82, 2.24) is 9.55 Å². The second kappa shape index (κ2) is 5.89. The molecular weight excluding hydrogens is 246 g/mol. The highest BCUT2D eigenvalue weighted by Gasteiger charge is 2.13. The van der Waals surface area contributed by atoms with Crippen LogP contribution >= 0.6 is 11.8 Å². The summed E-state index contributed by atoms with van der Waals surface area (Å²) in [5.74, 6) is 0. The largest absolute Gasteiger partial charge is 0.383 e. The van der Waals surface area contributed by atoms with Crippen molar-refractivity contribution >= 4 is 22.8 Å². The molecule has 5 heteroatoms. The maximum absolute atomic E-state index is 8.91. The van der Waals surface area contributed by atoms with Gasteiger partial charge in [-0.2, -0.15) is 5.26 Å². The molecule has 0 amide bonds. The Morgan fingerprint density at radius 2 is 2.28 bits per heavy atom. The van der Waals surface area contributed by atoms with Crippen LogP contribution in [0.4, 0.5) is 0 Å². The molecule has 1 atom stereocenters. The van der Waals surface area contributed by atoms with E-state index in [2.05, 4.69) is 15.6 Å². The molecule has 2 aromatic rings. The highest BCUT2D eigenvalue weighted by molar-refractivity contribution is 8.00. The second-order valence-electron chi connectivity index (χ2n) is 3.92. The van der Waals surface area contributed by atoms with Crippen LogP contribution in [-0.4, -0.2) is 28.5 Å². The number of fused-ring (bicyclic) bond motifs is 1. The number of hydrogen-bond donors (Lipinski definition) is 0. The topological polar surface area (TPSA) is 50.8 Å². The molecule has 0 aliphatic heterocycles. The molecule has 1 aromatic carbocycles. The Kier molecular flexibility index (Phi) is 4.24. The molecular formula is C13H15N3OS. The van der Waals surface area contributed by atoms with Gasteiger partial charge in [-0.15, -0.1) is 0 Å². The maximum atomic E-state index is 8.91. The van der Waals surface area contributed by atoms with Gasteiger partial charge in [0.25, 0.3) is 0 Å². The minimum absolute atomic E-state index is 0.108. The van der Waals surface area contributed by atoms with Crippen LogP contribution in [0.5, 0.6) is 0 Å². The zero-order valence-corrected chi connectivity index (χ0v) is 11.3. The number of nitriles is 1. The van der Waals surface area contributed by atoms with Gasteiger partial charge >= 0.3 is 0 Å². The lowest BCUT2D eigenvalue weighted by Gasteiger charge is -2.08. The number of para-hydroxylation sites is 2. The molecule has 0 saturated carbocycles. The zero-order chi connectivity index (χ0) is 13.0. The third kappa shape index (κ3) is 2.66. The predicted octanol–water partition coefficient (Wildman–Crippen LogP) is 2.69. The Labute approximate surface area is 111 Å². The molecule has 1 unspecified atom stereocenters. The number of thioether (sulfide) groups is 1. The molecule has 0 saturated heterocycles. The van der Waals surface area contributed by atoms with E-state index in [1.807, 2.05) is 31.2 Å². The van der Waals surface area contributed by atoms with Crippen LogP contribution in [0.2, 0.25) is 0 Å². The van der Waals surface area contributed by atoms with E-state index in [1.54, 1.807) is 7.11 Å². The number of imidazole rings is 1. The Hall–Kier alpha value is -1.51. The fourth-order valence-corrected chi connectivity index (χ4v) is 2.56. The summed E-state index contributed by atoms with van der Waals surface area (Å²) in [6.45, 7) is 3.26. The van der Waals surface area contributed by atoms with Gasteiger partial charge in [-0.05, 0) is 19.1 Å². The predicted molar refractivity (Wildman–Crippen MR) is 72.5 cm³/mol. The first-order valence-corrected chi connectivity index (χ1v) is 6.64. The van der Waals surface area contributed by atoms with Gasteiger partial charge in [-0.3, -0.25) is 0 Å². The Morgan fingerprint density at radius 1 is 1.50 bits per heavy atom. The number of ether oxygens (including phenoxy) is 1. The lowest BCUT2D eigenvalue weighted by molar-refractivity contribution is 0.186. The van der Waals surface area contributed by atoms with E-state index in [4.69, 9.17) is 10.00 Å². The molecule has 18 heavy (non-hydrogen) atoms. The van der Waals surface area contributed by atoms with Gasteiger partial charge in [0, 0.05) is 13.7 Å². The first-order chi connectivity index (χ1) is 8.76. The van der Waals surface area contributed by atoms with Gasteiger partial charge in [-0.25, -0.2) is 4.98 Å². The van der Waals surface area contributed by atoms with Gasteiger partial charge < -0.3 is 9.30 Å². The van der Waals surface area contributed by atoms with E-state index in [-0.39, 0.29) is 5.25 Å². The minimum atomic E-state index is -0.108. The molecule has 0 spiro atoms. The van der Waals surface area contributed by atoms with Crippen molar-refractivity contribution in [1.29, 1.82) is 5.26 Å². The van der Waals surface area contributed by atoms with Crippen molar-refractivity contribution < 1.29 is 4.74 Å². The van der Waals surface area contributed by atoms with E-state index in [0.717, 1.165) is 22.7 Å². The number of hydrogen-bond acceptors (Lipinski definition) is 4. The average Bonchev–Trinajstić information content (AvgIpc) is 2.73. The summed E-state index contributed by atoms with van der Waals surface area (Å²) < 4.78 is 7.24. The van der Waals surface area contributed by atoms with Crippen LogP contribution in [0, 0.1) is 11.3 Å². The number of benzene rings is 1. The lowest BCUT2D eigenvalue weighted by Crippen LogP contribution is -2.06. The maximum Gasteiger partial charge on any atom is 0.170 e. The van der Waals surface area contributed by atoms with Crippen molar-refractivity contribution in [3.05, 3.63) is 24.3 Å². The monoisotopic (exact) mass is 261 g/mol. The summed E-state index contributed by atoms with van der Waals surface area (Å²) in [5.41, 5.74) is 2.04. The molecule has 0 N–H and O–H groups in total. The number of aromatic nitrogens is 2. The third-order valence-electron chi connectivity index (χ3n) is 2.60. The summed E-state index contributed by atoms with van der Waals surface area (Å²) in [6, 6.07) is 10.2. The van der Waals surface area contributed by atoms with E-state index in [1.165, 1.54) is 11.8 Å². The summed E-state index contributed by atoms with van der Waals surface area (Å²) in [5, 5.41) is 9.67. The number of nitrogens with zero attached hydrogens (tertiary/aromatic N) is 3. The molecule has 0 fully saturated rings. The van der Waals surface area contributed by atoms with Gasteiger partial charge in [0.15, 0.2) is 5.16 Å². The molecule has 0 aliphatic rings. The van der Waals surface area contributed by atoms with Gasteiger partial charge in [0.1, 0.15) is 0 Å². The van der Waals surface area contributed by atoms with E-state index < -0.39 is 0 Å². The van der Waals surface area contributed by atoms with Crippen molar-refractivity contribution in [3.8, 4) is 6.07 Å². The van der Waals surface area contributed by atoms with Crippen LogP contribution in [0.3, 0.4) is 0 Å². The van der Waals surface area contributed by atoms with Crippen molar-refractivity contribution in [2.24, 2.45) is 0 Å². The summed E-state index contributed by atoms with van der Waals surface area (Å²) in [4.78, 5) is 4.57. The highest BCUT2D eigenvalue weighted by Crippen LogP contribution is 2.26.